The molecule has 1 N–H and O–H groups in total. The van der Waals surface area contributed by atoms with Crippen LogP contribution in [0.5, 0.6) is 5.75 Å². The number of hydrogen-bond acceptors (Lipinski definition) is 3. The number of benzene rings is 6. The number of fused-ring (bicyclic) bond motifs is 2. The van der Waals surface area contributed by atoms with E-state index in [2.05, 4.69) is 132 Å². The predicted molar refractivity (Wildman–Crippen MR) is 204 cm³/mol. The second-order valence-corrected chi connectivity index (χ2v) is 13.0. The SMILES string of the molecule is Oc1c(-c2nc3c(-c4cc(-c5ccccc5)cc(-c5ccccn5)c4)cccc3n2-c2ccccc2-c2ccccc2)ccc2c1CCCC2. The van der Waals surface area contributed by atoms with Gasteiger partial charge in [0, 0.05) is 22.9 Å². The van der Waals surface area contributed by atoms with E-state index in [9.17, 15) is 5.11 Å². The summed E-state index contributed by atoms with van der Waals surface area (Å²) < 4.78 is 2.24. The Morgan fingerprint density at radius 1 is 0.520 bits per heavy atom. The molecule has 0 bridgehead atoms. The van der Waals surface area contributed by atoms with E-state index in [4.69, 9.17) is 9.97 Å². The largest absolute Gasteiger partial charge is 0.507 e. The number of nitrogens with zero attached hydrogens (tertiary/aromatic N) is 3. The summed E-state index contributed by atoms with van der Waals surface area (Å²) in [5, 5.41) is 11.9. The maximum Gasteiger partial charge on any atom is 0.149 e. The number of imidazole rings is 1. The number of aromatic hydroxyl groups is 1. The summed E-state index contributed by atoms with van der Waals surface area (Å²) in [5.74, 6) is 1.08. The van der Waals surface area contributed by atoms with Gasteiger partial charge in [0.05, 0.1) is 28.0 Å². The van der Waals surface area contributed by atoms with Crippen molar-refractivity contribution in [2.24, 2.45) is 0 Å². The molecule has 4 nitrogen and oxygen atoms in total. The highest BCUT2D eigenvalue weighted by atomic mass is 16.3. The predicted octanol–water partition coefficient (Wildman–Crippen LogP) is 11.3. The van der Waals surface area contributed by atoms with Crippen LogP contribution in [0, 0.1) is 0 Å². The van der Waals surface area contributed by atoms with Crippen LogP contribution >= 0.6 is 0 Å². The van der Waals surface area contributed by atoms with Crippen molar-refractivity contribution in [3.05, 3.63) is 169 Å². The van der Waals surface area contributed by atoms with Crippen LogP contribution in [0.15, 0.2) is 158 Å². The number of hydrogen-bond donors (Lipinski definition) is 1. The van der Waals surface area contributed by atoms with Crippen LogP contribution in [0.1, 0.15) is 24.0 Å². The molecular weight excluding hydrogens is 611 g/mol. The number of aryl methyl sites for hydroxylation is 1. The van der Waals surface area contributed by atoms with Gasteiger partial charge < -0.3 is 5.11 Å². The van der Waals surface area contributed by atoms with Gasteiger partial charge in [-0.3, -0.25) is 9.55 Å². The Morgan fingerprint density at radius 3 is 2.04 bits per heavy atom. The molecule has 8 aromatic rings. The standard InChI is InChI=1S/C46H35N3O/c50-45-39-20-8-7-18-33(39)25-26-40(45)46-48-44-38(21-13-24-43(44)49(46)42-23-10-9-19-37(42)32-16-5-2-6-17-32)35-28-34(31-14-3-1-4-15-31)29-36(30-35)41-22-11-12-27-47-41/h1-6,9-17,19,21-30,50H,7-8,18,20H2. The summed E-state index contributed by atoms with van der Waals surface area (Å²) in [7, 11) is 0. The summed E-state index contributed by atoms with van der Waals surface area (Å²) in [6.45, 7) is 0. The van der Waals surface area contributed by atoms with Gasteiger partial charge in [-0.1, -0.05) is 103 Å². The van der Waals surface area contributed by atoms with Crippen LogP contribution < -0.4 is 0 Å². The van der Waals surface area contributed by atoms with E-state index >= 15 is 0 Å². The average Bonchev–Trinajstić information content (AvgIpc) is 3.58. The van der Waals surface area contributed by atoms with Gasteiger partial charge in [-0.25, -0.2) is 4.98 Å². The fourth-order valence-corrected chi connectivity index (χ4v) is 7.54. The highest BCUT2D eigenvalue weighted by Crippen LogP contribution is 2.43. The van der Waals surface area contributed by atoms with E-state index in [0.717, 1.165) is 104 Å². The Balaban J connectivity index is 1.33. The van der Waals surface area contributed by atoms with Crippen molar-refractivity contribution >= 4 is 11.0 Å². The second-order valence-electron chi connectivity index (χ2n) is 13.0. The number of pyridine rings is 1. The van der Waals surface area contributed by atoms with Crippen LogP contribution in [0.4, 0.5) is 0 Å². The van der Waals surface area contributed by atoms with Crippen molar-refractivity contribution in [3.63, 3.8) is 0 Å². The summed E-state index contributed by atoms with van der Waals surface area (Å²) in [5.41, 5.74) is 14.4. The molecule has 6 aromatic carbocycles. The smallest absolute Gasteiger partial charge is 0.149 e. The molecular formula is C46H35N3O. The molecule has 240 valence electrons. The molecule has 1 aliphatic rings. The van der Waals surface area contributed by atoms with E-state index in [-0.39, 0.29) is 0 Å². The third kappa shape index (κ3) is 5.26. The maximum atomic E-state index is 11.9. The molecule has 0 aliphatic heterocycles. The van der Waals surface area contributed by atoms with Gasteiger partial charge in [0.15, 0.2) is 0 Å². The van der Waals surface area contributed by atoms with Gasteiger partial charge in [0.1, 0.15) is 11.6 Å². The monoisotopic (exact) mass is 645 g/mol. The molecule has 0 spiro atoms. The first kappa shape index (κ1) is 29.8. The zero-order chi connectivity index (χ0) is 33.4. The molecule has 0 unspecified atom stereocenters. The van der Waals surface area contributed by atoms with Crippen molar-refractivity contribution in [2.75, 3.05) is 0 Å². The number of rotatable bonds is 6. The molecule has 0 atom stereocenters. The Morgan fingerprint density at radius 2 is 1.22 bits per heavy atom. The fourth-order valence-electron chi connectivity index (χ4n) is 7.54. The van der Waals surface area contributed by atoms with Crippen LogP contribution in [-0.2, 0) is 12.8 Å². The first-order chi connectivity index (χ1) is 24.7. The molecule has 1 aliphatic carbocycles. The summed E-state index contributed by atoms with van der Waals surface area (Å²) >= 11 is 0. The minimum atomic E-state index is 0.348. The van der Waals surface area contributed by atoms with Crippen LogP contribution in [-0.4, -0.2) is 19.6 Å². The molecule has 2 heterocycles. The van der Waals surface area contributed by atoms with Gasteiger partial charge in [-0.2, -0.15) is 0 Å². The maximum absolute atomic E-state index is 11.9. The van der Waals surface area contributed by atoms with Crippen LogP contribution in [0.3, 0.4) is 0 Å². The van der Waals surface area contributed by atoms with Crippen LogP contribution in [0.2, 0.25) is 0 Å². The summed E-state index contributed by atoms with van der Waals surface area (Å²) in [4.78, 5) is 10.2. The molecule has 0 saturated carbocycles. The molecule has 50 heavy (non-hydrogen) atoms. The average molecular weight is 646 g/mol. The lowest BCUT2D eigenvalue weighted by Crippen LogP contribution is -2.05. The van der Waals surface area contributed by atoms with Gasteiger partial charge in [0.25, 0.3) is 0 Å². The Bertz CT molecular complexity index is 2430. The minimum Gasteiger partial charge on any atom is -0.507 e. The number of para-hydroxylation sites is 2. The Kier molecular flexibility index (Phi) is 7.55. The lowest BCUT2D eigenvalue weighted by molar-refractivity contribution is 0.463. The third-order valence-corrected chi connectivity index (χ3v) is 9.97. The zero-order valence-corrected chi connectivity index (χ0v) is 27.6. The molecule has 2 aromatic heterocycles. The zero-order valence-electron chi connectivity index (χ0n) is 27.6. The topological polar surface area (TPSA) is 50.9 Å². The van der Waals surface area contributed by atoms with Crippen molar-refractivity contribution in [3.8, 4) is 67.5 Å². The number of phenolic OH excluding ortho intramolecular Hbond substituents is 1. The first-order valence-corrected chi connectivity index (χ1v) is 17.4. The first-order valence-electron chi connectivity index (χ1n) is 17.4. The second kappa shape index (κ2) is 12.6. The highest BCUT2D eigenvalue weighted by Gasteiger charge is 2.24. The van der Waals surface area contributed by atoms with Gasteiger partial charge in [-0.05, 0) is 108 Å². The van der Waals surface area contributed by atoms with Crippen molar-refractivity contribution in [1.82, 2.24) is 14.5 Å². The minimum absolute atomic E-state index is 0.348. The molecule has 4 heteroatoms. The van der Waals surface area contributed by atoms with Crippen LogP contribution in [0.25, 0.3) is 72.7 Å². The number of aromatic nitrogens is 3. The van der Waals surface area contributed by atoms with Gasteiger partial charge >= 0.3 is 0 Å². The molecule has 0 saturated heterocycles. The molecule has 0 fully saturated rings. The Labute approximate surface area is 292 Å². The highest BCUT2D eigenvalue weighted by molar-refractivity contribution is 5.98. The molecule has 9 rings (SSSR count). The quantitative estimate of drug-likeness (QED) is 0.196. The van der Waals surface area contributed by atoms with Crippen molar-refractivity contribution in [1.29, 1.82) is 0 Å². The number of phenols is 1. The van der Waals surface area contributed by atoms with Crippen molar-refractivity contribution < 1.29 is 5.11 Å². The third-order valence-electron chi connectivity index (χ3n) is 9.97. The lowest BCUT2D eigenvalue weighted by atomic mass is 9.89. The van der Waals surface area contributed by atoms with E-state index < -0.39 is 0 Å². The normalized spacial score (nSPS) is 12.6. The fraction of sp³-hybridized carbons (Fsp3) is 0.0870. The van der Waals surface area contributed by atoms with Gasteiger partial charge in [-0.15, -0.1) is 0 Å². The van der Waals surface area contributed by atoms with E-state index in [1.807, 2.05) is 30.5 Å². The van der Waals surface area contributed by atoms with E-state index in [0.29, 0.717) is 5.75 Å². The van der Waals surface area contributed by atoms with Crippen molar-refractivity contribution in [2.45, 2.75) is 25.7 Å². The molecule has 0 radical (unpaired) electrons. The summed E-state index contributed by atoms with van der Waals surface area (Å²) in [6, 6.07) is 52.9. The Hall–Kier alpha value is -6.26. The van der Waals surface area contributed by atoms with E-state index in [1.54, 1.807) is 0 Å². The lowest BCUT2D eigenvalue weighted by Gasteiger charge is -2.20. The van der Waals surface area contributed by atoms with E-state index in [1.165, 1.54) is 5.56 Å². The summed E-state index contributed by atoms with van der Waals surface area (Å²) in [6.07, 6.45) is 5.95. The van der Waals surface area contributed by atoms with Gasteiger partial charge in [0.2, 0.25) is 0 Å². The molecule has 0 amide bonds.